The van der Waals surface area contributed by atoms with Crippen molar-refractivity contribution in [3.8, 4) is 0 Å². The van der Waals surface area contributed by atoms with Crippen LogP contribution in [-0.2, 0) is 7.05 Å². The fraction of sp³-hybridized carbons (Fsp3) is 0.800. The molecule has 3 rings (SSSR count). The Kier molecular flexibility index (Phi) is 4.38. The highest BCUT2D eigenvalue weighted by Crippen LogP contribution is 2.27. The van der Waals surface area contributed by atoms with E-state index in [9.17, 15) is 0 Å². The lowest BCUT2D eigenvalue weighted by Gasteiger charge is -2.33. The number of nitrogens with two attached hydrogens (primary N) is 1. The first-order valence-electron chi connectivity index (χ1n) is 7.94. The maximum absolute atomic E-state index is 6.04. The average molecular weight is 277 g/mol. The van der Waals surface area contributed by atoms with E-state index in [1.165, 1.54) is 44.5 Å². The zero-order chi connectivity index (χ0) is 13.9. The van der Waals surface area contributed by atoms with Crippen LogP contribution in [-0.4, -0.2) is 58.1 Å². The fourth-order valence-corrected chi connectivity index (χ4v) is 3.78. The molecule has 2 saturated heterocycles. The number of hydrogen-bond acceptors (Lipinski definition) is 4. The van der Waals surface area contributed by atoms with E-state index in [1.54, 1.807) is 0 Å². The summed E-state index contributed by atoms with van der Waals surface area (Å²) in [6.07, 6.45) is 9.28. The van der Waals surface area contributed by atoms with Gasteiger partial charge in [0.1, 0.15) is 0 Å². The van der Waals surface area contributed by atoms with Gasteiger partial charge in [0.25, 0.3) is 0 Å². The Bertz CT molecular complexity index is 424. The number of rotatable bonds is 4. The Morgan fingerprint density at radius 3 is 2.75 bits per heavy atom. The highest BCUT2D eigenvalue weighted by atomic mass is 15.3. The van der Waals surface area contributed by atoms with Crippen LogP contribution in [0.3, 0.4) is 0 Å². The van der Waals surface area contributed by atoms with Gasteiger partial charge in [0.15, 0.2) is 0 Å². The highest BCUT2D eigenvalue weighted by Gasteiger charge is 2.33. The molecule has 1 aromatic heterocycles. The minimum Gasteiger partial charge on any atom is -0.336 e. The van der Waals surface area contributed by atoms with Crippen LogP contribution in [0.4, 0.5) is 0 Å². The van der Waals surface area contributed by atoms with Crippen LogP contribution in [0, 0.1) is 0 Å². The topological polar surface area (TPSA) is 50.3 Å². The number of likely N-dealkylation sites (tertiary alicyclic amines) is 2. The Balaban J connectivity index is 1.64. The molecule has 2 unspecified atom stereocenters. The summed E-state index contributed by atoms with van der Waals surface area (Å²) < 4.78 is 2.10. The van der Waals surface area contributed by atoms with Gasteiger partial charge in [0.05, 0.1) is 18.1 Å². The van der Waals surface area contributed by atoms with Gasteiger partial charge in [-0.15, -0.1) is 0 Å². The maximum atomic E-state index is 6.04. The van der Waals surface area contributed by atoms with Gasteiger partial charge < -0.3 is 10.3 Å². The molecule has 2 aliphatic heterocycles. The van der Waals surface area contributed by atoms with E-state index >= 15 is 0 Å². The van der Waals surface area contributed by atoms with Crippen molar-refractivity contribution >= 4 is 0 Å². The number of aromatic nitrogens is 2. The smallest absolute Gasteiger partial charge is 0.0946 e. The molecule has 3 heterocycles. The normalized spacial score (nSPS) is 27.0. The van der Waals surface area contributed by atoms with E-state index in [1.807, 2.05) is 12.5 Å². The standard InChI is InChI=1S/C15H27N5/c1-18-12-17-10-15(18)14(9-16)20-8-5-13(11-20)19-6-3-2-4-7-19/h10,12-14H,2-9,11,16H2,1H3. The second-order valence-electron chi connectivity index (χ2n) is 6.21. The number of piperidine rings is 1. The SMILES string of the molecule is Cn1cncc1C(CN)N1CCC(N2CCCCC2)C1. The lowest BCUT2D eigenvalue weighted by atomic mass is 10.1. The van der Waals surface area contributed by atoms with Gasteiger partial charge in [-0.05, 0) is 32.4 Å². The first-order chi connectivity index (χ1) is 9.79. The minimum absolute atomic E-state index is 0.317. The van der Waals surface area contributed by atoms with Crippen molar-refractivity contribution in [1.29, 1.82) is 0 Å². The molecule has 0 radical (unpaired) electrons. The molecular weight excluding hydrogens is 250 g/mol. The molecule has 1 aromatic rings. The summed E-state index contributed by atoms with van der Waals surface area (Å²) in [6, 6.07) is 1.05. The molecule has 0 aromatic carbocycles. The molecule has 2 aliphatic rings. The van der Waals surface area contributed by atoms with Gasteiger partial charge in [0.2, 0.25) is 0 Å². The molecule has 0 aliphatic carbocycles. The third kappa shape index (κ3) is 2.75. The van der Waals surface area contributed by atoms with Crippen molar-refractivity contribution in [2.24, 2.45) is 12.8 Å². The van der Waals surface area contributed by atoms with Crippen molar-refractivity contribution in [3.63, 3.8) is 0 Å². The Morgan fingerprint density at radius 1 is 1.30 bits per heavy atom. The zero-order valence-electron chi connectivity index (χ0n) is 12.5. The second-order valence-corrected chi connectivity index (χ2v) is 6.21. The monoisotopic (exact) mass is 277 g/mol. The Labute approximate surface area is 121 Å². The molecule has 5 heteroatoms. The third-order valence-electron chi connectivity index (χ3n) is 4.96. The summed E-state index contributed by atoms with van der Waals surface area (Å²) >= 11 is 0. The first kappa shape index (κ1) is 14.0. The van der Waals surface area contributed by atoms with Crippen molar-refractivity contribution < 1.29 is 0 Å². The number of aryl methyl sites for hydroxylation is 1. The molecule has 0 spiro atoms. The van der Waals surface area contributed by atoms with Crippen molar-refractivity contribution in [3.05, 3.63) is 18.2 Å². The zero-order valence-corrected chi connectivity index (χ0v) is 12.5. The molecule has 0 amide bonds. The van der Waals surface area contributed by atoms with Gasteiger partial charge in [-0.1, -0.05) is 6.42 Å². The summed E-state index contributed by atoms with van der Waals surface area (Å²) in [5, 5.41) is 0. The molecule has 20 heavy (non-hydrogen) atoms. The van der Waals surface area contributed by atoms with Gasteiger partial charge in [-0.3, -0.25) is 9.80 Å². The largest absolute Gasteiger partial charge is 0.336 e. The van der Waals surface area contributed by atoms with Gasteiger partial charge in [-0.25, -0.2) is 4.98 Å². The molecule has 2 atom stereocenters. The summed E-state index contributed by atoms with van der Waals surface area (Å²) in [7, 11) is 2.06. The predicted molar refractivity (Wildman–Crippen MR) is 80.4 cm³/mol. The summed E-state index contributed by atoms with van der Waals surface area (Å²) in [5.41, 5.74) is 7.28. The molecule has 2 N–H and O–H groups in total. The van der Waals surface area contributed by atoms with E-state index in [2.05, 4.69) is 26.4 Å². The van der Waals surface area contributed by atoms with E-state index in [4.69, 9.17) is 5.73 Å². The van der Waals surface area contributed by atoms with Crippen LogP contribution >= 0.6 is 0 Å². The van der Waals surface area contributed by atoms with Crippen molar-refractivity contribution in [2.45, 2.75) is 37.8 Å². The van der Waals surface area contributed by atoms with Crippen LogP contribution < -0.4 is 5.73 Å². The summed E-state index contributed by atoms with van der Waals surface area (Å²) in [4.78, 5) is 9.49. The van der Waals surface area contributed by atoms with Crippen molar-refractivity contribution in [2.75, 3.05) is 32.7 Å². The fourth-order valence-electron chi connectivity index (χ4n) is 3.78. The summed E-state index contributed by atoms with van der Waals surface area (Å²) in [6.45, 7) is 5.57. The van der Waals surface area contributed by atoms with Crippen LogP contribution in [0.1, 0.15) is 37.4 Å². The van der Waals surface area contributed by atoms with Gasteiger partial charge >= 0.3 is 0 Å². The molecule has 0 bridgehead atoms. The van der Waals surface area contributed by atoms with Crippen LogP contribution in [0.2, 0.25) is 0 Å². The quantitative estimate of drug-likeness (QED) is 0.891. The third-order valence-corrected chi connectivity index (χ3v) is 4.96. The van der Waals surface area contributed by atoms with Gasteiger partial charge in [0, 0.05) is 38.9 Å². The summed E-state index contributed by atoms with van der Waals surface area (Å²) in [5.74, 6) is 0. The Hall–Kier alpha value is -0.910. The lowest BCUT2D eigenvalue weighted by Crippen LogP contribution is -2.42. The molecule has 2 fully saturated rings. The van der Waals surface area contributed by atoms with E-state index in [0.29, 0.717) is 12.6 Å². The maximum Gasteiger partial charge on any atom is 0.0946 e. The number of imidazole rings is 1. The van der Waals surface area contributed by atoms with Crippen LogP contribution in [0.25, 0.3) is 0 Å². The Morgan fingerprint density at radius 2 is 2.10 bits per heavy atom. The predicted octanol–water partition coefficient (Wildman–Crippen LogP) is 0.980. The second kappa shape index (κ2) is 6.24. The molecule has 5 nitrogen and oxygen atoms in total. The minimum atomic E-state index is 0.317. The first-order valence-corrected chi connectivity index (χ1v) is 7.94. The van der Waals surface area contributed by atoms with Crippen molar-refractivity contribution in [1.82, 2.24) is 19.4 Å². The molecular formula is C15H27N5. The number of nitrogens with zero attached hydrogens (tertiary/aromatic N) is 4. The van der Waals surface area contributed by atoms with Gasteiger partial charge in [-0.2, -0.15) is 0 Å². The number of hydrogen-bond donors (Lipinski definition) is 1. The van der Waals surface area contributed by atoms with E-state index in [-0.39, 0.29) is 0 Å². The molecule has 0 saturated carbocycles. The lowest BCUT2D eigenvalue weighted by molar-refractivity contribution is 0.151. The average Bonchev–Trinajstić information content (AvgIpc) is 3.12. The highest BCUT2D eigenvalue weighted by molar-refractivity contribution is 5.07. The molecule has 112 valence electrons. The van der Waals surface area contributed by atoms with Crippen LogP contribution in [0.5, 0.6) is 0 Å². The van der Waals surface area contributed by atoms with Crippen LogP contribution in [0.15, 0.2) is 12.5 Å². The van der Waals surface area contributed by atoms with E-state index in [0.717, 1.165) is 19.1 Å². The van der Waals surface area contributed by atoms with E-state index < -0.39 is 0 Å².